The standard InChI is InChI=1S/C35H56O11/c1-18(9-14-35(16-37,19(2)31(42)43-4)46-32-29(41)28(40)27(39)26(15-36)45-32)21-7-8-22-20-5-6-24-30-25(38)11-13-34(24,17-44-30)23(20)10-12-33(21,22)3/h5,18-19,21-30,32,36-41H,6-17H2,1-4H3. The zero-order valence-corrected chi connectivity index (χ0v) is 27.8. The number of aliphatic hydroxyl groups is 6. The first kappa shape index (κ1) is 34.7. The monoisotopic (exact) mass is 652 g/mol. The number of hydrogen-bond donors (Lipinski definition) is 6. The lowest BCUT2D eigenvalue weighted by molar-refractivity contribution is -0.336. The molecule has 0 spiro atoms. The Balaban J connectivity index is 1.19. The van der Waals surface area contributed by atoms with E-state index in [9.17, 15) is 35.4 Å². The number of carbonyl (C=O) groups excluding carboxylic acids is 1. The normalized spacial score (nSPS) is 47.5. The van der Waals surface area contributed by atoms with Crippen molar-refractivity contribution in [3.8, 4) is 0 Å². The van der Waals surface area contributed by atoms with Gasteiger partial charge in [-0.15, -0.1) is 0 Å². The molecule has 0 aromatic heterocycles. The average Bonchev–Trinajstić information content (AvgIpc) is 3.57. The van der Waals surface area contributed by atoms with Crippen LogP contribution in [0, 0.1) is 46.3 Å². The van der Waals surface area contributed by atoms with Gasteiger partial charge in [0.25, 0.3) is 0 Å². The molecule has 11 heteroatoms. The second-order valence-corrected chi connectivity index (χ2v) is 15.8. The van der Waals surface area contributed by atoms with Gasteiger partial charge in [-0.05, 0) is 99.7 Å². The highest BCUT2D eigenvalue weighted by Crippen LogP contribution is 2.68. The molecule has 3 saturated carbocycles. The van der Waals surface area contributed by atoms with E-state index in [4.69, 9.17) is 18.9 Å². The van der Waals surface area contributed by atoms with Gasteiger partial charge in [-0.2, -0.15) is 0 Å². The van der Waals surface area contributed by atoms with Crippen molar-refractivity contribution in [2.75, 3.05) is 26.9 Å². The van der Waals surface area contributed by atoms with E-state index in [1.54, 1.807) is 12.5 Å². The molecule has 6 aliphatic rings. The second kappa shape index (κ2) is 12.9. The third-order valence-electron chi connectivity index (χ3n) is 14.0. The van der Waals surface area contributed by atoms with E-state index in [0.29, 0.717) is 30.1 Å². The van der Waals surface area contributed by atoms with Crippen LogP contribution in [0.15, 0.2) is 11.6 Å². The van der Waals surface area contributed by atoms with E-state index in [2.05, 4.69) is 19.9 Å². The SMILES string of the molecule is COC(=O)C(C)C(CO)(CCC(C)C1CCC2C3=CCC4C5OCC4(CCC5O)C3CCC21C)OC1OC(CO)C(O)C(O)C1O. The number of allylic oxidation sites excluding steroid dienone is 2. The van der Waals surface area contributed by atoms with Crippen LogP contribution in [-0.2, 0) is 23.7 Å². The van der Waals surface area contributed by atoms with Crippen LogP contribution in [0.3, 0.4) is 0 Å². The highest BCUT2D eigenvalue weighted by atomic mass is 16.7. The van der Waals surface area contributed by atoms with Crippen LogP contribution >= 0.6 is 0 Å². The van der Waals surface area contributed by atoms with Crippen molar-refractivity contribution in [1.82, 2.24) is 0 Å². The lowest BCUT2D eigenvalue weighted by Gasteiger charge is -2.56. The predicted molar refractivity (Wildman–Crippen MR) is 165 cm³/mol. The summed E-state index contributed by atoms with van der Waals surface area (Å²) in [6, 6.07) is 0. The Bertz CT molecular complexity index is 1150. The molecule has 2 saturated heterocycles. The number of carbonyl (C=O) groups is 1. The summed E-state index contributed by atoms with van der Waals surface area (Å²) in [6.07, 6.45) is 2.84. The number of methoxy groups -OCH3 is 1. The van der Waals surface area contributed by atoms with Crippen molar-refractivity contribution in [2.24, 2.45) is 46.3 Å². The van der Waals surface area contributed by atoms with Gasteiger partial charge < -0.3 is 49.6 Å². The molecule has 0 radical (unpaired) electrons. The first-order valence-corrected chi connectivity index (χ1v) is 17.5. The molecule has 6 rings (SSSR count). The molecule has 0 amide bonds. The lowest BCUT2D eigenvalue weighted by Crippen LogP contribution is -2.62. The average molecular weight is 653 g/mol. The van der Waals surface area contributed by atoms with Gasteiger partial charge in [0.05, 0.1) is 45.1 Å². The van der Waals surface area contributed by atoms with Crippen LogP contribution in [0.2, 0.25) is 0 Å². The Morgan fingerprint density at radius 2 is 1.80 bits per heavy atom. The topological polar surface area (TPSA) is 175 Å². The Hall–Kier alpha value is -1.15. The Kier molecular flexibility index (Phi) is 9.77. The highest BCUT2D eigenvalue weighted by Gasteiger charge is 2.64. The van der Waals surface area contributed by atoms with Crippen molar-refractivity contribution < 1.29 is 54.4 Å². The number of hydrogen-bond acceptors (Lipinski definition) is 11. The number of rotatable bonds is 10. The van der Waals surface area contributed by atoms with E-state index >= 15 is 0 Å². The smallest absolute Gasteiger partial charge is 0.311 e. The largest absolute Gasteiger partial charge is 0.469 e. The number of fused-ring (bicyclic) bond motifs is 3. The van der Waals surface area contributed by atoms with Gasteiger partial charge in [0, 0.05) is 5.41 Å². The Morgan fingerprint density at radius 3 is 2.50 bits per heavy atom. The molecule has 5 fully saturated rings. The van der Waals surface area contributed by atoms with Gasteiger partial charge in [-0.1, -0.05) is 25.5 Å². The maximum absolute atomic E-state index is 12.8. The minimum Gasteiger partial charge on any atom is -0.469 e. The van der Waals surface area contributed by atoms with Crippen molar-refractivity contribution in [1.29, 1.82) is 0 Å². The molecule has 46 heavy (non-hydrogen) atoms. The van der Waals surface area contributed by atoms with E-state index in [-0.39, 0.29) is 35.4 Å². The molecule has 0 aromatic rings. The van der Waals surface area contributed by atoms with E-state index in [1.807, 2.05) is 0 Å². The van der Waals surface area contributed by atoms with Crippen LogP contribution in [0.4, 0.5) is 0 Å². The number of ether oxygens (including phenoxy) is 4. The molecule has 2 heterocycles. The Labute approximate surface area is 272 Å². The molecule has 262 valence electrons. The summed E-state index contributed by atoms with van der Waals surface area (Å²) in [5, 5.41) is 62.5. The molecule has 6 N–H and O–H groups in total. The molecule has 16 atom stereocenters. The summed E-state index contributed by atoms with van der Waals surface area (Å²) in [7, 11) is 1.27. The number of aliphatic hydroxyl groups excluding tert-OH is 6. The zero-order chi connectivity index (χ0) is 33.2. The molecule has 16 unspecified atom stereocenters. The van der Waals surface area contributed by atoms with E-state index in [0.717, 1.165) is 51.6 Å². The number of esters is 1. The molecule has 0 aromatic carbocycles. The van der Waals surface area contributed by atoms with E-state index in [1.165, 1.54) is 7.11 Å². The van der Waals surface area contributed by atoms with Crippen molar-refractivity contribution >= 4 is 5.97 Å². The molecule has 2 bridgehead atoms. The first-order valence-electron chi connectivity index (χ1n) is 17.5. The summed E-state index contributed by atoms with van der Waals surface area (Å²) in [6.45, 7) is 5.88. The zero-order valence-electron chi connectivity index (χ0n) is 27.8. The third kappa shape index (κ3) is 5.31. The van der Waals surface area contributed by atoms with Crippen molar-refractivity contribution in [2.45, 2.75) is 127 Å². The van der Waals surface area contributed by atoms with Crippen molar-refractivity contribution in [3.05, 3.63) is 11.6 Å². The molecular weight excluding hydrogens is 596 g/mol. The van der Waals surface area contributed by atoms with Crippen LogP contribution in [0.1, 0.15) is 78.6 Å². The van der Waals surface area contributed by atoms with Gasteiger partial charge in [0.15, 0.2) is 6.29 Å². The predicted octanol–water partition coefficient (Wildman–Crippen LogP) is 1.69. The second-order valence-electron chi connectivity index (χ2n) is 15.8. The van der Waals surface area contributed by atoms with E-state index < -0.39 is 61.4 Å². The third-order valence-corrected chi connectivity index (χ3v) is 14.0. The quantitative estimate of drug-likeness (QED) is 0.150. The van der Waals surface area contributed by atoms with Gasteiger partial charge in [0.1, 0.15) is 30.0 Å². The Morgan fingerprint density at radius 1 is 1.04 bits per heavy atom. The fourth-order valence-electron chi connectivity index (χ4n) is 11.2. The highest BCUT2D eigenvalue weighted by molar-refractivity contribution is 5.73. The lowest BCUT2D eigenvalue weighted by atomic mass is 9.47. The molecule has 2 aliphatic heterocycles. The maximum Gasteiger partial charge on any atom is 0.311 e. The van der Waals surface area contributed by atoms with Crippen LogP contribution in [-0.4, -0.2) is 112 Å². The van der Waals surface area contributed by atoms with Crippen LogP contribution < -0.4 is 0 Å². The summed E-state index contributed by atoms with van der Waals surface area (Å²) in [4.78, 5) is 12.8. The van der Waals surface area contributed by atoms with Crippen LogP contribution in [0.5, 0.6) is 0 Å². The van der Waals surface area contributed by atoms with Gasteiger partial charge in [-0.3, -0.25) is 4.79 Å². The fourth-order valence-corrected chi connectivity index (χ4v) is 11.2. The minimum absolute atomic E-state index is 0.0272. The van der Waals surface area contributed by atoms with Gasteiger partial charge in [-0.25, -0.2) is 0 Å². The minimum atomic E-state index is -1.66. The van der Waals surface area contributed by atoms with Crippen LogP contribution in [0.25, 0.3) is 0 Å². The molecule has 11 nitrogen and oxygen atoms in total. The fraction of sp³-hybridized carbons (Fsp3) is 0.914. The maximum atomic E-state index is 12.8. The summed E-state index contributed by atoms with van der Waals surface area (Å²) >= 11 is 0. The van der Waals surface area contributed by atoms with Gasteiger partial charge in [0.2, 0.25) is 0 Å². The first-order chi connectivity index (χ1) is 21.9. The van der Waals surface area contributed by atoms with Gasteiger partial charge >= 0.3 is 5.97 Å². The summed E-state index contributed by atoms with van der Waals surface area (Å²) < 4.78 is 23.2. The summed E-state index contributed by atoms with van der Waals surface area (Å²) in [5.41, 5.74) is 0.392. The molecular formula is C35H56O11. The van der Waals surface area contributed by atoms with Crippen molar-refractivity contribution in [3.63, 3.8) is 0 Å². The molecule has 4 aliphatic carbocycles. The summed E-state index contributed by atoms with van der Waals surface area (Å²) in [5.74, 6) is 0.570.